The normalized spacial score (nSPS) is 15.4. The molecular formula is C11H8F9NO2. The van der Waals surface area contributed by atoms with Gasteiger partial charge in [-0.1, -0.05) is 12.1 Å². The molecule has 3 N–H and O–H groups in total. The van der Waals surface area contributed by atoms with Crippen molar-refractivity contribution in [1.29, 1.82) is 0 Å². The van der Waals surface area contributed by atoms with Gasteiger partial charge >= 0.3 is 18.5 Å². The number of hydrogen-bond acceptors (Lipinski definition) is 3. The van der Waals surface area contributed by atoms with E-state index in [2.05, 4.69) is 0 Å². The van der Waals surface area contributed by atoms with Crippen LogP contribution in [0.1, 0.15) is 5.56 Å². The van der Waals surface area contributed by atoms with E-state index in [4.69, 9.17) is 10.2 Å². The van der Waals surface area contributed by atoms with Crippen LogP contribution in [-0.4, -0.2) is 35.0 Å². The van der Waals surface area contributed by atoms with Gasteiger partial charge in [0, 0.05) is 11.3 Å². The molecule has 132 valence electrons. The fourth-order valence-corrected chi connectivity index (χ4v) is 1.54. The molecule has 1 aromatic carbocycles. The van der Waals surface area contributed by atoms with Gasteiger partial charge in [0.1, 0.15) is 0 Å². The third-order valence-corrected chi connectivity index (χ3v) is 2.74. The molecule has 0 saturated heterocycles. The summed E-state index contributed by atoms with van der Waals surface area (Å²) < 4.78 is 112. The van der Waals surface area contributed by atoms with Crippen LogP contribution in [-0.2, 0) is 5.60 Å². The topological polar surface area (TPSA) is 52.5 Å². The van der Waals surface area contributed by atoms with E-state index in [1.165, 1.54) is 5.32 Å². The van der Waals surface area contributed by atoms with Crippen molar-refractivity contribution in [2.75, 3.05) is 5.32 Å². The van der Waals surface area contributed by atoms with Gasteiger partial charge in [-0.2, -0.15) is 39.5 Å². The summed E-state index contributed by atoms with van der Waals surface area (Å²) in [5.74, 6) is 0. The molecule has 0 fully saturated rings. The maximum Gasteiger partial charge on any atom is 0.433 e. The fraction of sp³-hybridized carbons (Fsp3) is 0.455. The Morgan fingerprint density at radius 3 is 1.48 bits per heavy atom. The Kier molecular flexibility index (Phi) is 4.83. The number of benzene rings is 1. The Bertz CT molecular complexity index is 518. The predicted molar refractivity (Wildman–Crippen MR) is 58.1 cm³/mol. The molecule has 3 nitrogen and oxygen atoms in total. The van der Waals surface area contributed by atoms with E-state index in [9.17, 15) is 39.5 Å². The molecule has 0 heterocycles. The number of rotatable bonds is 3. The first kappa shape index (κ1) is 19.4. The van der Waals surface area contributed by atoms with Crippen LogP contribution >= 0.6 is 0 Å². The smallest absolute Gasteiger partial charge is 0.369 e. The van der Waals surface area contributed by atoms with Crippen molar-refractivity contribution in [3.05, 3.63) is 29.8 Å². The van der Waals surface area contributed by atoms with Crippen molar-refractivity contribution in [2.45, 2.75) is 30.4 Å². The lowest BCUT2D eigenvalue weighted by Gasteiger charge is -2.32. The van der Waals surface area contributed by atoms with Gasteiger partial charge in [0.15, 0.2) is 0 Å². The zero-order chi connectivity index (χ0) is 18.3. The lowest BCUT2D eigenvalue weighted by molar-refractivity contribution is -0.376. The Hall–Kier alpha value is -1.69. The highest BCUT2D eigenvalue weighted by Crippen LogP contribution is 2.50. The monoisotopic (exact) mass is 357 g/mol. The Labute approximate surface area is 122 Å². The minimum absolute atomic E-state index is 0.145. The SMILES string of the molecule is OC(Nc1ccc(C(O)(C(F)(F)F)C(F)(F)F)cc1)C(F)(F)F. The van der Waals surface area contributed by atoms with E-state index in [1.807, 2.05) is 0 Å². The van der Waals surface area contributed by atoms with E-state index in [0.29, 0.717) is 12.1 Å². The first-order chi connectivity index (χ1) is 10.1. The number of anilines is 1. The zero-order valence-corrected chi connectivity index (χ0v) is 10.7. The summed E-state index contributed by atoms with van der Waals surface area (Å²) in [7, 11) is 0. The van der Waals surface area contributed by atoms with E-state index in [1.54, 1.807) is 0 Å². The summed E-state index contributed by atoms with van der Waals surface area (Å²) in [6.45, 7) is 0. The van der Waals surface area contributed by atoms with E-state index >= 15 is 0 Å². The van der Waals surface area contributed by atoms with Gasteiger partial charge in [-0.25, -0.2) is 0 Å². The van der Waals surface area contributed by atoms with Crippen LogP contribution in [0.3, 0.4) is 0 Å². The molecule has 0 aliphatic heterocycles. The number of alkyl halides is 9. The average molecular weight is 357 g/mol. The first-order valence-corrected chi connectivity index (χ1v) is 5.58. The molecule has 0 spiro atoms. The minimum Gasteiger partial charge on any atom is -0.369 e. The molecule has 0 saturated carbocycles. The van der Waals surface area contributed by atoms with Crippen molar-refractivity contribution < 1.29 is 49.7 Å². The predicted octanol–water partition coefficient (Wildman–Crippen LogP) is 3.29. The molecule has 12 heteroatoms. The van der Waals surface area contributed by atoms with Gasteiger partial charge in [-0.3, -0.25) is 0 Å². The second-order valence-electron chi connectivity index (χ2n) is 4.37. The molecule has 1 unspecified atom stereocenters. The van der Waals surface area contributed by atoms with E-state index in [0.717, 1.165) is 0 Å². The molecule has 0 bridgehead atoms. The number of aliphatic hydroxyl groups excluding tert-OH is 1. The summed E-state index contributed by atoms with van der Waals surface area (Å²) >= 11 is 0. The summed E-state index contributed by atoms with van der Waals surface area (Å²) in [6.07, 6.45) is -20.4. The lowest BCUT2D eigenvalue weighted by Crippen LogP contribution is -2.53. The number of aliphatic hydroxyl groups is 2. The molecular weight excluding hydrogens is 349 g/mol. The maximum atomic E-state index is 12.6. The Morgan fingerprint density at radius 1 is 0.783 bits per heavy atom. The third kappa shape index (κ3) is 3.80. The van der Waals surface area contributed by atoms with Crippen molar-refractivity contribution in [1.82, 2.24) is 0 Å². The van der Waals surface area contributed by atoms with Crippen molar-refractivity contribution in [3.8, 4) is 0 Å². The minimum atomic E-state index is -6.11. The van der Waals surface area contributed by atoms with Crippen molar-refractivity contribution in [3.63, 3.8) is 0 Å². The van der Waals surface area contributed by atoms with Crippen molar-refractivity contribution >= 4 is 5.69 Å². The molecule has 1 atom stereocenters. The largest absolute Gasteiger partial charge is 0.433 e. The van der Waals surface area contributed by atoms with Gasteiger partial charge in [0.25, 0.3) is 5.60 Å². The highest BCUT2D eigenvalue weighted by atomic mass is 19.4. The van der Waals surface area contributed by atoms with Gasteiger partial charge in [0.2, 0.25) is 6.23 Å². The summed E-state index contributed by atoms with van der Waals surface area (Å²) in [5.41, 5.74) is -7.42. The standard InChI is InChI=1S/C11H8F9NO2/c12-9(13,14)7(22)21-6-3-1-5(2-4-6)8(23,10(15,16)17)11(18,19)20/h1-4,7,21-23H. The number of hydrogen-bond donors (Lipinski definition) is 3. The second-order valence-corrected chi connectivity index (χ2v) is 4.37. The van der Waals surface area contributed by atoms with Crippen LogP contribution in [0.15, 0.2) is 24.3 Å². The molecule has 0 radical (unpaired) electrons. The second kappa shape index (κ2) is 5.74. The van der Waals surface area contributed by atoms with Gasteiger partial charge < -0.3 is 15.5 Å². The van der Waals surface area contributed by atoms with Crippen LogP contribution in [0.25, 0.3) is 0 Å². The quantitative estimate of drug-likeness (QED) is 0.575. The molecule has 0 aromatic heterocycles. The zero-order valence-electron chi connectivity index (χ0n) is 10.7. The van der Waals surface area contributed by atoms with Crippen LogP contribution in [0.5, 0.6) is 0 Å². The van der Waals surface area contributed by atoms with Gasteiger partial charge in [-0.05, 0) is 12.1 Å². The fourth-order valence-electron chi connectivity index (χ4n) is 1.54. The highest BCUT2D eigenvalue weighted by molar-refractivity contribution is 5.46. The number of nitrogens with one attached hydrogen (secondary N) is 1. The first-order valence-electron chi connectivity index (χ1n) is 5.58. The van der Waals surface area contributed by atoms with Crippen LogP contribution < -0.4 is 5.32 Å². The Morgan fingerprint density at radius 2 is 1.17 bits per heavy atom. The van der Waals surface area contributed by atoms with Crippen molar-refractivity contribution in [2.24, 2.45) is 0 Å². The molecule has 1 aromatic rings. The Balaban J connectivity index is 3.16. The van der Waals surface area contributed by atoms with Crippen LogP contribution in [0.4, 0.5) is 45.2 Å². The maximum absolute atomic E-state index is 12.6. The highest BCUT2D eigenvalue weighted by Gasteiger charge is 2.71. The van der Waals surface area contributed by atoms with Gasteiger partial charge in [0.05, 0.1) is 0 Å². The van der Waals surface area contributed by atoms with Crippen LogP contribution in [0, 0.1) is 0 Å². The van der Waals surface area contributed by atoms with Crippen LogP contribution in [0.2, 0.25) is 0 Å². The third-order valence-electron chi connectivity index (χ3n) is 2.74. The van der Waals surface area contributed by atoms with E-state index in [-0.39, 0.29) is 12.1 Å². The summed E-state index contributed by atoms with van der Waals surface area (Å²) in [4.78, 5) is 0. The number of halogens is 9. The van der Waals surface area contributed by atoms with E-state index < -0.39 is 41.6 Å². The summed E-state index contributed by atoms with van der Waals surface area (Å²) in [5, 5.41) is 19.2. The molecule has 0 aliphatic rings. The summed E-state index contributed by atoms with van der Waals surface area (Å²) in [6, 6.07) is 1.14. The molecule has 1 rings (SSSR count). The molecule has 0 aliphatic carbocycles. The van der Waals surface area contributed by atoms with Gasteiger partial charge in [-0.15, -0.1) is 0 Å². The average Bonchev–Trinajstić information content (AvgIpc) is 2.34. The molecule has 23 heavy (non-hydrogen) atoms. The molecule has 0 amide bonds. The lowest BCUT2D eigenvalue weighted by atomic mass is 9.92.